The van der Waals surface area contributed by atoms with Crippen molar-refractivity contribution in [1.82, 2.24) is 19.7 Å². The van der Waals surface area contributed by atoms with Gasteiger partial charge in [-0.25, -0.2) is 18.9 Å². The van der Waals surface area contributed by atoms with E-state index < -0.39 is 5.97 Å². The highest BCUT2D eigenvalue weighted by molar-refractivity contribution is 6.00. The minimum absolute atomic E-state index is 0.122. The summed E-state index contributed by atoms with van der Waals surface area (Å²) in [5.41, 5.74) is 2.12. The molecule has 5 rings (SSSR count). The monoisotopic (exact) mass is 525 g/mol. The second-order valence-electron chi connectivity index (χ2n) is 10.3. The van der Waals surface area contributed by atoms with E-state index in [4.69, 9.17) is 19.3 Å². The number of likely N-dealkylation sites (tertiary alicyclic amines) is 1. The first-order valence-corrected chi connectivity index (χ1v) is 13.3. The molecule has 0 radical (unpaired) electrons. The molecule has 2 saturated heterocycles. The van der Waals surface area contributed by atoms with Gasteiger partial charge in [0, 0.05) is 39.3 Å². The molecular weight excluding hydrogens is 489 g/mol. The van der Waals surface area contributed by atoms with Crippen molar-refractivity contribution in [3.05, 3.63) is 41.8 Å². The van der Waals surface area contributed by atoms with Gasteiger partial charge in [0.05, 0.1) is 30.7 Å². The molecule has 0 aliphatic carbocycles. The molecule has 9 nitrogen and oxygen atoms in total. The Morgan fingerprint density at radius 1 is 1.03 bits per heavy atom. The first-order valence-electron chi connectivity index (χ1n) is 13.3. The van der Waals surface area contributed by atoms with Crippen LogP contribution in [0.2, 0.25) is 0 Å². The number of anilines is 1. The number of carbonyl (C=O) groups excluding carboxylic acids is 1. The summed E-state index contributed by atoms with van der Waals surface area (Å²) in [6, 6.07) is 8.31. The maximum absolute atomic E-state index is 13.7. The number of methoxy groups -OCH3 is 2. The van der Waals surface area contributed by atoms with Crippen molar-refractivity contribution in [3.8, 4) is 11.6 Å². The van der Waals surface area contributed by atoms with Gasteiger partial charge in [0.1, 0.15) is 11.2 Å². The van der Waals surface area contributed by atoms with E-state index in [9.17, 15) is 9.18 Å². The largest absolute Gasteiger partial charge is 0.473 e. The smallest absolute Gasteiger partial charge is 0.356 e. The van der Waals surface area contributed by atoms with Gasteiger partial charge in [0.25, 0.3) is 0 Å². The Balaban J connectivity index is 1.52. The molecule has 2 fully saturated rings. The van der Waals surface area contributed by atoms with Crippen LogP contribution in [0.4, 0.5) is 10.1 Å². The van der Waals surface area contributed by atoms with Gasteiger partial charge in [-0.05, 0) is 69.9 Å². The zero-order chi connectivity index (χ0) is 26.8. The summed E-state index contributed by atoms with van der Waals surface area (Å²) < 4.78 is 32.0. The van der Waals surface area contributed by atoms with Crippen molar-refractivity contribution in [2.24, 2.45) is 0 Å². The number of ether oxygens (including phenoxy) is 3. The van der Waals surface area contributed by atoms with Gasteiger partial charge in [0.15, 0.2) is 11.3 Å². The number of hydrogen-bond donors (Lipinski definition) is 0. The number of rotatable bonds is 7. The van der Waals surface area contributed by atoms with Gasteiger partial charge in [-0.2, -0.15) is 0 Å². The summed E-state index contributed by atoms with van der Waals surface area (Å²) in [6.45, 7) is 7.67. The SMILES string of the molecule is COC(=O)c1cc(N2CCC(N3CCC(OC)CC3)CC2)c2c(OC(C)C)nn(-c3ccc(F)cc3)c2n1. The molecule has 4 heterocycles. The van der Waals surface area contributed by atoms with Crippen LogP contribution in [0, 0.1) is 5.82 Å². The third kappa shape index (κ3) is 5.33. The Kier molecular flexibility index (Phi) is 7.80. The van der Waals surface area contributed by atoms with Gasteiger partial charge < -0.3 is 24.0 Å². The van der Waals surface area contributed by atoms with Crippen LogP contribution in [-0.2, 0) is 9.47 Å². The summed E-state index contributed by atoms with van der Waals surface area (Å²) in [6.07, 6.45) is 4.42. The molecule has 38 heavy (non-hydrogen) atoms. The van der Waals surface area contributed by atoms with E-state index in [2.05, 4.69) is 14.8 Å². The van der Waals surface area contributed by atoms with E-state index >= 15 is 0 Å². The highest BCUT2D eigenvalue weighted by Gasteiger charge is 2.31. The zero-order valence-corrected chi connectivity index (χ0v) is 22.5. The number of carbonyl (C=O) groups is 1. The molecule has 0 N–H and O–H groups in total. The number of piperidine rings is 2. The second kappa shape index (κ2) is 11.2. The van der Waals surface area contributed by atoms with E-state index in [0.717, 1.165) is 62.9 Å². The summed E-state index contributed by atoms with van der Waals surface area (Å²) in [7, 11) is 3.14. The molecule has 0 atom stereocenters. The number of nitrogens with zero attached hydrogens (tertiary/aromatic N) is 5. The Bertz CT molecular complexity index is 1260. The van der Waals surface area contributed by atoms with Crippen LogP contribution in [0.5, 0.6) is 5.88 Å². The highest BCUT2D eigenvalue weighted by Crippen LogP contribution is 2.38. The fourth-order valence-electron chi connectivity index (χ4n) is 5.54. The molecule has 3 aromatic rings. The molecular formula is C28H36FN5O4. The van der Waals surface area contributed by atoms with Gasteiger partial charge in [-0.1, -0.05) is 0 Å². The molecule has 204 valence electrons. The number of halogens is 1. The number of esters is 1. The molecule has 0 bridgehead atoms. The Labute approximate surface area is 222 Å². The van der Waals surface area contributed by atoms with Crippen LogP contribution in [0.3, 0.4) is 0 Å². The third-order valence-corrected chi connectivity index (χ3v) is 7.53. The van der Waals surface area contributed by atoms with Crippen LogP contribution in [-0.4, -0.2) is 84.3 Å². The number of hydrogen-bond acceptors (Lipinski definition) is 8. The van der Waals surface area contributed by atoms with Crippen molar-refractivity contribution in [3.63, 3.8) is 0 Å². The van der Waals surface area contributed by atoms with Gasteiger partial charge in [-0.15, -0.1) is 5.10 Å². The first-order chi connectivity index (χ1) is 18.4. The van der Waals surface area contributed by atoms with Crippen LogP contribution >= 0.6 is 0 Å². The lowest BCUT2D eigenvalue weighted by molar-refractivity contribution is 0.0233. The number of pyridine rings is 1. The molecule has 2 aliphatic rings. The van der Waals surface area contributed by atoms with E-state index in [1.807, 2.05) is 13.8 Å². The van der Waals surface area contributed by atoms with E-state index in [-0.39, 0.29) is 17.6 Å². The number of fused-ring (bicyclic) bond motifs is 1. The van der Waals surface area contributed by atoms with Gasteiger partial charge in [0.2, 0.25) is 5.88 Å². The standard InChI is InChI=1S/C28H36FN5O4/c1-18(2)38-27-25-24(33-13-9-20(10-14-33)32-15-11-22(36-3)12-16-32)17-23(28(35)37-4)30-26(25)34(31-27)21-7-5-19(29)6-8-21/h5-8,17-18,20,22H,9-16H2,1-4H3. The fourth-order valence-corrected chi connectivity index (χ4v) is 5.54. The molecule has 10 heteroatoms. The van der Waals surface area contributed by atoms with Crippen LogP contribution < -0.4 is 9.64 Å². The molecule has 2 aliphatic heterocycles. The quantitative estimate of drug-likeness (QED) is 0.425. The molecule has 0 unspecified atom stereocenters. The Morgan fingerprint density at radius 2 is 1.71 bits per heavy atom. The predicted molar refractivity (Wildman–Crippen MR) is 143 cm³/mol. The van der Waals surface area contributed by atoms with Crippen molar-refractivity contribution < 1.29 is 23.4 Å². The summed E-state index contributed by atoms with van der Waals surface area (Å²) in [5, 5.41) is 5.46. The molecule has 1 aromatic carbocycles. The van der Waals surface area contributed by atoms with Crippen LogP contribution in [0.15, 0.2) is 30.3 Å². The topological polar surface area (TPSA) is 82.0 Å². The first kappa shape index (κ1) is 26.4. The lowest BCUT2D eigenvalue weighted by atomic mass is 9.98. The molecule has 0 spiro atoms. The van der Waals surface area contributed by atoms with Crippen molar-refractivity contribution in [2.45, 2.75) is 57.8 Å². The minimum atomic E-state index is -0.526. The van der Waals surface area contributed by atoms with E-state index in [1.54, 1.807) is 30.0 Å². The number of benzene rings is 1. The van der Waals surface area contributed by atoms with Gasteiger partial charge in [-0.3, -0.25) is 0 Å². The normalized spacial score (nSPS) is 17.9. The summed E-state index contributed by atoms with van der Waals surface area (Å²) >= 11 is 0. The fraction of sp³-hybridized carbons (Fsp3) is 0.536. The van der Waals surface area contributed by atoms with Gasteiger partial charge >= 0.3 is 5.97 Å². The molecule has 0 saturated carbocycles. The van der Waals surface area contributed by atoms with E-state index in [0.29, 0.717) is 29.4 Å². The minimum Gasteiger partial charge on any atom is -0.473 e. The van der Waals surface area contributed by atoms with Crippen molar-refractivity contribution in [1.29, 1.82) is 0 Å². The molecule has 0 amide bonds. The Morgan fingerprint density at radius 3 is 2.32 bits per heavy atom. The van der Waals surface area contributed by atoms with E-state index in [1.165, 1.54) is 19.2 Å². The lowest BCUT2D eigenvalue weighted by Crippen LogP contribution is -2.48. The lowest BCUT2D eigenvalue weighted by Gasteiger charge is -2.42. The van der Waals surface area contributed by atoms with Crippen molar-refractivity contribution in [2.75, 3.05) is 45.3 Å². The van der Waals surface area contributed by atoms with Crippen LogP contribution in [0.25, 0.3) is 16.7 Å². The maximum atomic E-state index is 13.7. The number of aromatic nitrogens is 3. The average molecular weight is 526 g/mol. The van der Waals surface area contributed by atoms with Crippen molar-refractivity contribution >= 4 is 22.7 Å². The second-order valence-corrected chi connectivity index (χ2v) is 10.3. The third-order valence-electron chi connectivity index (χ3n) is 7.53. The summed E-state index contributed by atoms with van der Waals surface area (Å²) in [5.74, 6) is -0.439. The zero-order valence-electron chi connectivity index (χ0n) is 22.5. The average Bonchev–Trinajstić information content (AvgIpc) is 3.30. The highest BCUT2D eigenvalue weighted by atomic mass is 19.1. The molecule has 2 aromatic heterocycles. The predicted octanol–water partition coefficient (Wildman–Crippen LogP) is 4.21. The summed E-state index contributed by atoms with van der Waals surface area (Å²) in [4.78, 5) is 22.2. The maximum Gasteiger partial charge on any atom is 0.356 e. The Hall–Kier alpha value is -3.24. The van der Waals surface area contributed by atoms with Crippen LogP contribution in [0.1, 0.15) is 50.0 Å².